The van der Waals surface area contributed by atoms with Gasteiger partial charge in [0, 0.05) is 55.1 Å². The molecule has 0 aromatic carbocycles. The molecule has 162 valence electrons. The molecule has 0 radical (unpaired) electrons. The molecule has 3 aromatic rings. The Balaban J connectivity index is 1.21. The highest BCUT2D eigenvalue weighted by atomic mass is 16.1. The number of hydrogen-bond donors (Lipinski definition) is 1. The van der Waals surface area contributed by atoms with Crippen LogP contribution in [-0.2, 0) is 13.1 Å². The van der Waals surface area contributed by atoms with Gasteiger partial charge in [-0.3, -0.25) is 23.7 Å². The van der Waals surface area contributed by atoms with E-state index in [0.29, 0.717) is 12.6 Å². The minimum Gasteiger partial charge on any atom is -0.310 e. The molecule has 0 amide bonds. The molecule has 0 aliphatic carbocycles. The van der Waals surface area contributed by atoms with Crippen LogP contribution in [0.1, 0.15) is 35.7 Å². The summed E-state index contributed by atoms with van der Waals surface area (Å²) in [5.74, 6) is 0. The lowest BCUT2D eigenvalue weighted by atomic mass is 10.0. The number of likely N-dealkylation sites (tertiary alicyclic amines) is 1. The number of hydrogen-bond acceptors (Lipinski definition) is 5. The van der Waals surface area contributed by atoms with E-state index in [-0.39, 0.29) is 17.2 Å². The number of nitrogens with zero attached hydrogens (tertiary/aromatic N) is 4. The molecular weight excluding hydrogens is 390 g/mol. The van der Waals surface area contributed by atoms with Crippen molar-refractivity contribution >= 4 is 11.0 Å². The van der Waals surface area contributed by atoms with Gasteiger partial charge >= 0.3 is 0 Å². The van der Waals surface area contributed by atoms with Gasteiger partial charge in [0.25, 0.3) is 11.1 Å². The van der Waals surface area contributed by atoms with Crippen LogP contribution in [0.25, 0.3) is 11.0 Å². The lowest BCUT2D eigenvalue weighted by molar-refractivity contribution is 0.171. The van der Waals surface area contributed by atoms with E-state index in [9.17, 15) is 9.59 Å². The maximum atomic E-state index is 12.6. The van der Waals surface area contributed by atoms with Crippen LogP contribution < -0.4 is 16.4 Å². The average Bonchev–Trinajstić information content (AvgIpc) is 3.15. The summed E-state index contributed by atoms with van der Waals surface area (Å²) < 4.78 is 3.58. The lowest BCUT2D eigenvalue weighted by Gasteiger charge is -2.34. The first-order valence-electron chi connectivity index (χ1n) is 11.1. The Kier molecular flexibility index (Phi) is 5.24. The summed E-state index contributed by atoms with van der Waals surface area (Å²) in [6.07, 6.45) is 4.12. The molecule has 5 rings (SSSR count). The third kappa shape index (κ3) is 3.83. The second kappa shape index (κ2) is 8.05. The Labute approximate surface area is 181 Å². The molecule has 1 saturated heterocycles. The molecule has 0 spiro atoms. The molecule has 1 atom stereocenters. The molecule has 7 heteroatoms. The molecular formula is C24H29N5O2. The molecule has 2 aliphatic heterocycles. The molecule has 31 heavy (non-hydrogen) atoms. The average molecular weight is 420 g/mol. The second-order valence-corrected chi connectivity index (χ2v) is 8.96. The summed E-state index contributed by atoms with van der Waals surface area (Å²) in [6.45, 7) is 8.35. The van der Waals surface area contributed by atoms with E-state index in [1.807, 2.05) is 29.8 Å². The Morgan fingerprint density at radius 2 is 1.81 bits per heavy atom. The molecule has 0 bridgehead atoms. The number of aryl methyl sites for hydroxylation is 2. The Hall–Kier alpha value is -2.77. The fraction of sp³-hybridized carbons (Fsp3) is 0.458. The van der Waals surface area contributed by atoms with Gasteiger partial charge < -0.3 is 10.2 Å². The third-order valence-corrected chi connectivity index (χ3v) is 6.86. The Morgan fingerprint density at radius 3 is 2.55 bits per heavy atom. The van der Waals surface area contributed by atoms with Crippen molar-refractivity contribution in [3.8, 4) is 0 Å². The third-order valence-electron chi connectivity index (χ3n) is 6.86. The number of piperidine rings is 1. The summed E-state index contributed by atoms with van der Waals surface area (Å²) in [4.78, 5) is 31.8. The Bertz CT molecular complexity index is 1230. The molecule has 2 aliphatic rings. The largest absolute Gasteiger partial charge is 0.310 e. The molecule has 7 nitrogen and oxygen atoms in total. The van der Waals surface area contributed by atoms with Crippen LogP contribution in [0.15, 0.2) is 46.1 Å². The van der Waals surface area contributed by atoms with Gasteiger partial charge in [0.2, 0.25) is 0 Å². The number of aromatic nitrogens is 3. The highest BCUT2D eigenvalue weighted by Gasteiger charge is 2.29. The van der Waals surface area contributed by atoms with Gasteiger partial charge in [-0.25, -0.2) is 0 Å². The fourth-order valence-corrected chi connectivity index (χ4v) is 4.97. The summed E-state index contributed by atoms with van der Waals surface area (Å²) in [5, 5.41) is 4.63. The first kappa shape index (κ1) is 20.2. The smallest absolute Gasteiger partial charge is 0.252 e. The van der Waals surface area contributed by atoms with Crippen molar-refractivity contribution in [1.29, 1.82) is 0 Å². The van der Waals surface area contributed by atoms with Crippen LogP contribution in [0.3, 0.4) is 0 Å². The summed E-state index contributed by atoms with van der Waals surface area (Å²) in [7, 11) is 0. The highest BCUT2D eigenvalue weighted by Crippen LogP contribution is 2.25. The van der Waals surface area contributed by atoms with Crippen molar-refractivity contribution in [1.82, 2.24) is 24.3 Å². The first-order chi connectivity index (χ1) is 15.0. The monoisotopic (exact) mass is 419 g/mol. The number of rotatable bonds is 5. The standard InChI is InChI=1S/C24H29N5O2/c1-16-11-18(12-25-17(16)2)13-26-20-7-9-27(10-8-20)14-21-15-28-22(30)5-3-19-4-6-23(31)29(21)24(19)28/h3-6,11-12,20-21,26H,7-10,13-15H2,1-2H3/t21-/m1/s1. The van der Waals surface area contributed by atoms with Gasteiger partial charge in [-0.2, -0.15) is 0 Å². The van der Waals surface area contributed by atoms with Crippen LogP contribution in [-0.4, -0.2) is 44.7 Å². The van der Waals surface area contributed by atoms with Crippen molar-refractivity contribution in [3.05, 3.63) is 74.1 Å². The van der Waals surface area contributed by atoms with Crippen molar-refractivity contribution in [3.63, 3.8) is 0 Å². The predicted molar refractivity (Wildman–Crippen MR) is 122 cm³/mol. The summed E-state index contributed by atoms with van der Waals surface area (Å²) in [6, 6.07) is 9.56. The number of pyridine rings is 3. The van der Waals surface area contributed by atoms with Crippen molar-refractivity contribution < 1.29 is 0 Å². The molecule has 5 heterocycles. The highest BCUT2D eigenvalue weighted by molar-refractivity contribution is 5.76. The van der Waals surface area contributed by atoms with Crippen LogP contribution in [0.5, 0.6) is 0 Å². The fourth-order valence-electron chi connectivity index (χ4n) is 4.97. The van der Waals surface area contributed by atoms with Crippen molar-refractivity contribution in [2.75, 3.05) is 19.6 Å². The second-order valence-electron chi connectivity index (χ2n) is 8.96. The first-order valence-corrected chi connectivity index (χ1v) is 11.1. The van der Waals surface area contributed by atoms with Gasteiger partial charge in [0.1, 0.15) is 5.65 Å². The zero-order valence-corrected chi connectivity index (χ0v) is 18.2. The van der Waals surface area contributed by atoms with E-state index in [2.05, 4.69) is 28.2 Å². The van der Waals surface area contributed by atoms with Crippen LogP contribution in [0, 0.1) is 13.8 Å². The van der Waals surface area contributed by atoms with E-state index >= 15 is 0 Å². The maximum Gasteiger partial charge on any atom is 0.252 e. The van der Waals surface area contributed by atoms with Gasteiger partial charge in [-0.15, -0.1) is 0 Å². The van der Waals surface area contributed by atoms with Crippen LogP contribution >= 0.6 is 0 Å². The zero-order valence-electron chi connectivity index (χ0n) is 18.2. The topological polar surface area (TPSA) is 72.2 Å². The van der Waals surface area contributed by atoms with Gasteiger partial charge in [-0.1, -0.05) is 6.07 Å². The van der Waals surface area contributed by atoms with E-state index in [0.717, 1.165) is 55.7 Å². The van der Waals surface area contributed by atoms with Gasteiger partial charge in [0.15, 0.2) is 0 Å². The predicted octanol–water partition coefficient (Wildman–Crippen LogP) is 1.98. The van der Waals surface area contributed by atoms with E-state index in [1.54, 1.807) is 16.7 Å². The normalized spacial score (nSPS) is 19.4. The molecule has 0 unspecified atom stereocenters. The molecule has 1 fully saturated rings. The lowest BCUT2D eigenvalue weighted by Crippen LogP contribution is -2.44. The SMILES string of the molecule is Cc1cc(CNC2CCN(C[C@@H]3Cn4c(=O)ccc5ccc(=O)n3c54)CC2)cnc1C. The van der Waals surface area contributed by atoms with Crippen LogP contribution in [0.2, 0.25) is 0 Å². The van der Waals surface area contributed by atoms with Crippen molar-refractivity contribution in [2.24, 2.45) is 0 Å². The minimum absolute atomic E-state index is 0.0115. The van der Waals surface area contributed by atoms with E-state index in [4.69, 9.17) is 0 Å². The van der Waals surface area contributed by atoms with E-state index < -0.39 is 0 Å². The zero-order chi connectivity index (χ0) is 21.5. The van der Waals surface area contributed by atoms with Gasteiger partial charge in [-0.05, 0) is 63.0 Å². The summed E-state index contributed by atoms with van der Waals surface area (Å²) >= 11 is 0. The minimum atomic E-state index is -0.0295. The number of nitrogens with one attached hydrogen (secondary N) is 1. The summed E-state index contributed by atoms with van der Waals surface area (Å²) in [5.41, 5.74) is 4.26. The molecule has 3 aromatic heterocycles. The van der Waals surface area contributed by atoms with Gasteiger partial charge in [0.05, 0.1) is 6.04 Å². The molecule has 0 saturated carbocycles. The van der Waals surface area contributed by atoms with Crippen molar-refractivity contribution in [2.45, 2.75) is 51.9 Å². The Morgan fingerprint density at radius 1 is 1.06 bits per heavy atom. The molecule has 1 N–H and O–H groups in total. The van der Waals surface area contributed by atoms with Crippen LogP contribution in [0.4, 0.5) is 0 Å². The van der Waals surface area contributed by atoms with E-state index in [1.165, 1.54) is 11.1 Å². The maximum absolute atomic E-state index is 12.6. The quantitative estimate of drug-likeness (QED) is 0.685.